The molecular formula is C16H15Cl2NO2. The summed E-state index contributed by atoms with van der Waals surface area (Å²) < 4.78 is 5.37. The molecule has 21 heavy (non-hydrogen) atoms. The monoisotopic (exact) mass is 323 g/mol. The molecule has 0 aliphatic rings. The molecule has 0 saturated carbocycles. The molecule has 0 aliphatic heterocycles. The lowest BCUT2D eigenvalue weighted by Crippen LogP contribution is -2.20. The van der Waals surface area contributed by atoms with Crippen molar-refractivity contribution in [2.75, 3.05) is 17.8 Å². The Balaban J connectivity index is 1.84. The Bertz CT molecular complexity index is 599. The zero-order valence-corrected chi connectivity index (χ0v) is 12.8. The smallest absolute Gasteiger partial charge is 0.262 e. The number of carbonyl (C=O) groups excluding carboxylic acids is 1. The Morgan fingerprint density at radius 2 is 1.90 bits per heavy atom. The molecule has 0 unspecified atom stereocenters. The summed E-state index contributed by atoms with van der Waals surface area (Å²) in [6.07, 6.45) is 0.813. The molecule has 1 amide bonds. The first-order chi connectivity index (χ1) is 10.2. The van der Waals surface area contributed by atoms with Crippen LogP contribution in [0.5, 0.6) is 5.75 Å². The maximum Gasteiger partial charge on any atom is 0.262 e. The maximum absolute atomic E-state index is 11.8. The minimum absolute atomic E-state index is 0.0657. The van der Waals surface area contributed by atoms with E-state index >= 15 is 0 Å². The highest BCUT2D eigenvalue weighted by Gasteiger charge is 2.04. The standard InChI is InChI=1S/C16H15Cl2NO2/c17-9-8-12-4-6-14(7-5-12)19-16(20)11-21-15-3-1-2-13(18)10-15/h1-7,10H,8-9,11H2,(H,19,20). The van der Waals surface area contributed by atoms with E-state index in [-0.39, 0.29) is 12.5 Å². The third kappa shape index (κ3) is 5.29. The highest BCUT2D eigenvalue weighted by molar-refractivity contribution is 6.30. The summed E-state index contributed by atoms with van der Waals surface area (Å²) in [5.41, 5.74) is 1.87. The molecule has 0 heterocycles. The maximum atomic E-state index is 11.8. The largest absolute Gasteiger partial charge is 0.484 e. The predicted molar refractivity (Wildman–Crippen MR) is 86.4 cm³/mol. The number of aryl methyl sites for hydroxylation is 1. The molecule has 0 aliphatic carbocycles. The van der Waals surface area contributed by atoms with Crippen LogP contribution in [-0.4, -0.2) is 18.4 Å². The van der Waals surface area contributed by atoms with Gasteiger partial charge in [0.25, 0.3) is 5.91 Å². The van der Waals surface area contributed by atoms with Gasteiger partial charge in [-0.05, 0) is 42.3 Å². The Morgan fingerprint density at radius 3 is 2.57 bits per heavy atom. The van der Waals surface area contributed by atoms with Crippen LogP contribution in [0.1, 0.15) is 5.56 Å². The minimum atomic E-state index is -0.222. The van der Waals surface area contributed by atoms with Crippen molar-refractivity contribution in [3.05, 3.63) is 59.1 Å². The second kappa shape index (κ2) is 7.91. The van der Waals surface area contributed by atoms with Gasteiger partial charge >= 0.3 is 0 Å². The van der Waals surface area contributed by atoms with Crippen LogP contribution < -0.4 is 10.1 Å². The average molecular weight is 324 g/mol. The summed E-state index contributed by atoms with van der Waals surface area (Å²) in [5.74, 6) is 0.925. The van der Waals surface area contributed by atoms with Gasteiger partial charge in [-0.3, -0.25) is 4.79 Å². The molecule has 0 atom stereocenters. The predicted octanol–water partition coefficient (Wildman–Crippen LogP) is 4.14. The van der Waals surface area contributed by atoms with Crippen LogP contribution in [-0.2, 0) is 11.2 Å². The van der Waals surface area contributed by atoms with Crippen molar-refractivity contribution in [2.45, 2.75) is 6.42 Å². The summed E-state index contributed by atoms with van der Waals surface area (Å²) >= 11 is 11.5. The molecule has 0 saturated heterocycles. The molecule has 1 N–H and O–H groups in total. The summed E-state index contributed by atoms with van der Waals surface area (Å²) in [4.78, 5) is 11.8. The van der Waals surface area contributed by atoms with Crippen molar-refractivity contribution in [3.8, 4) is 5.75 Å². The highest BCUT2D eigenvalue weighted by atomic mass is 35.5. The van der Waals surface area contributed by atoms with Crippen molar-refractivity contribution in [2.24, 2.45) is 0 Å². The van der Waals surface area contributed by atoms with Gasteiger partial charge in [0, 0.05) is 16.6 Å². The fraction of sp³-hybridized carbons (Fsp3) is 0.188. The molecule has 3 nitrogen and oxygen atoms in total. The highest BCUT2D eigenvalue weighted by Crippen LogP contribution is 2.17. The third-order valence-corrected chi connectivity index (χ3v) is 3.21. The van der Waals surface area contributed by atoms with Crippen LogP contribution >= 0.6 is 23.2 Å². The van der Waals surface area contributed by atoms with Gasteiger partial charge in [0.05, 0.1) is 0 Å². The number of anilines is 1. The fourth-order valence-electron chi connectivity index (χ4n) is 1.77. The zero-order chi connectivity index (χ0) is 15.1. The quantitative estimate of drug-likeness (QED) is 0.811. The lowest BCUT2D eigenvalue weighted by molar-refractivity contribution is -0.118. The third-order valence-electron chi connectivity index (χ3n) is 2.79. The van der Waals surface area contributed by atoms with Crippen molar-refractivity contribution in [3.63, 3.8) is 0 Å². The first-order valence-electron chi connectivity index (χ1n) is 6.50. The summed E-state index contributed by atoms with van der Waals surface area (Å²) in [6.45, 7) is -0.0657. The lowest BCUT2D eigenvalue weighted by Gasteiger charge is -2.08. The Morgan fingerprint density at radius 1 is 1.14 bits per heavy atom. The summed E-state index contributed by atoms with van der Waals surface area (Å²) in [7, 11) is 0. The minimum Gasteiger partial charge on any atom is -0.484 e. The fourth-order valence-corrected chi connectivity index (χ4v) is 2.17. The number of hydrogen-bond donors (Lipinski definition) is 1. The molecule has 0 bridgehead atoms. The van der Waals surface area contributed by atoms with Crippen LogP contribution in [0.4, 0.5) is 5.69 Å². The molecule has 110 valence electrons. The van der Waals surface area contributed by atoms with E-state index in [1.165, 1.54) is 0 Å². The molecule has 2 rings (SSSR count). The van der Waals surface area contributed by atoms with E-state index < -0.39 is 0 Å². The van der Waals surface area contributed by atoms with E-state index in [9.17, 15) is 4.79 Å². The number of benzene rings is 2. The Labute approximate surface area is 133 Å². The first kappa shape index (κ1) is 15.7. The number of alkyl halides is 1. The number of rotatable bonds is 6. The molecule has 0 radical (unpaired) electrons. The summed E-state index contributed by atoms with van der Waals surface area (Å²) in [6, 6.07) is 14.5. The first-order valence-corrected chi connectivity index (χ1v) is 7.42. The van der Waals surface area contributed by atoms with E-state index in [0.717, 1.165) is 17.7 Å². The number of carbonyl (C=O) groups is 1. The number of ether oxygens (including phenoxy) is 1. The molecule has 0 fully saturated rings. The Kier molecular flexibility index (Phi) is 5.90. The molecular weight excluding hydrogens is 309 g/mol. The molecule has 2 aromatic rings. The van der Waals surface area contributed by atoms with Gasteiger partial charge in [-0.1, -0.05) is 29.8 Å². The van der Waals surface area contributed by atoms with Crippen molar-refractivity contribution in [1.82, 2.24) is 0 Å². The number of halogens is 2. The van der Waals surface area contributed by atoms with Crippen LogP contribution in [0, 0.1) is 0 Å². The number of amides is 1. The van der Waals surface area contributed by atoms with E-state index in [0.29, 0.717) is 16.7 Å². The molecule has 0 spiro atoms. The van der Waals surface area contributed by atoms with Gasteiger partial charge < -0.3 is 10.1 Å². The van der Waals surface area contributed by atoms with Crippen LogP contribution in [0.25, 0.3) is 0 Å². The second-order valence-electron chi connectivity index (χ2n) is 4.43. The lowest BCUT2D eigenvalue weighted by atomic mass is 10.1. The van der Waals surface area contributed by atoms with Gasteiger partial charge in [0.15, 0.2) is 6.61 Å². The van der Waals surface area contributed by atoms with E-state index in [2.05, 4.69) is 5.32 Å². The zero-order valence-electron chi connectivity index (χ0n) is 11.3. The Hall–Kier alpha value is -1.71. The average Bonchev–Trinajstić information content (AvgIpc) is 2.48. The van der Waals surface area contributed by atoms with Crippen LogP contribution in [0.2, 0.25) is 5.02 Å². The van der Waals surface area contributed by atoms with Gasteiger partial charge in [0.1, 0.15) is 5.75 Å². The summed E-state index contributed by atoms with van der Waals surface area (Å²) in [5, 5.41) is 3.34. The van der Waals surface area contributed by atoms with Gasteiger partial charge in [0.2, 0.25) is 0 Å². The number of nitrogens with one attached hydrogen (secondary N) is 1. The SMILES string of the molecule is O=C(COc1cccc(Cl)c1)Nc1ccc(CCCl)cc1. The van der Waals surface area contributed by atoms with Gasteiger partial charge in [-0.25, -0.2) is 0 Å². The van der Waals surface area contributed by atoms with E-state index in [1.807, 2.05) is 24.3 Å². The molecule has 2 aromatic carbocycles. The van der Waals surface area contributed by atoms with Crippen LogP contribution in [0.3, 0.4) is 0 Å². The van der Waals surface area contributed by atoms with Crippen molar-refractivity contribution >= 4 is 34.8 Å². The van der Waals surface area contributed by atoms with Gasteiger partial charge in [-0.15, -0.1) is 11.6 Å². The van der Waals surface area contributed by atoms with E-state index in [1.54, 1.807) is 24.3 Å². The van der Waals surface area contributed by atoms with Crippen molar-refractivity contribution < 1.29 is 9.53 Å². The molecule has 0 aromatic heterocycles. The van der Waals surface area contributed by atoms with Gasteiger partial charge in [-0.2, -0.15) is 0 Å². The van der Waals surface area contributed by atoms with Crippen molar-refractivity contribution in [1.29, 1.82) is 0 Å². The second-order valence-corrected chi connectivity index (χ2v) is 5.24. The van der Waals surface area contributed by atoms with E-state index in [4.69, 9.17) is 27.9 Å². The van der Waals surface area contributed by atoms with Crippen LogP contribution in [0.15, 0.2) is 48.5 Å². The molecule has 5 heteroatoms. The number of hydrogen-bond acceptors (Lipinski definition) is 2. The topological polar surface area (TPSA) is 38.3 Å². The normalized spacial score (nSPS) is 10.2.